The summed E-state index contributed by atoms with van der Waals surface area (Å²) >= 11 is 0. The van der Waals surface area contributed by atoms with Crippen molar-refractivity contribution < 1.29 is 9.53 Å². The van der Waals surface area contributed by atoms with Crippen molar-refractivity contribution >= 4 is 12.0 Å². The smallest absolute Gasteiger partial charge is 0.243 e. The van der Waals surface area contributed by atoms with Gasteiger partial charge in [-0.05, 0) is 62.7 Å². The van der Waals surface area contributed by atoms with E-state index in [1.54, 1.807) is 13.2 Å². The Labute approximate surface area is 126 Å². The number of methoxy groups -OCH3 is 1. The van der Waals surface area contributed by atoms with Crippen LogP contribution >= 0.6 is 0 Å². The summed E-state index contributed by atoms with van der Waals surface area (Å²) in [6.07, 6.45) is 7.04. The summed E-state index contributed by atoms with van der Waals surface area (Å²) in [5, 5.41) is 2.92. The lowest BCUT2D eigenvalue weighted by atomic mass is 10.2. The van der Waals surface area contributed by atoms with Crippen LogP contribution in [0.1, 0.15) is 24.8 Å². The number of carbonyl (C=O) groups is 1. The molecule has 114 valence electrons. The lowest BCUT2D eigenvalue weighted by molar-refractivity contribution is -0.116. The number of nitrogens with zero attached hydrogens (tertiary/aromatic N) is 1. The number of nitrogens with one attached hydrogen (secondary N) is 1. The number of rotatable bonds is 7. The van der Waals surface area contributed by atoms with Crippen molar-refractivity contribution in [3.63, 3.8) is 0 Å². The number of benzene rings is 1. The van der Waals surface area contributed by atoms with E-state index in [4.69, 9.17) is 4.74 Å². The SMILES string of the molecule is COc1ccc(C=CC(=O)NCCCN2CCCC2)cc1. The summed E-state index contributed by atoms with van der Waals surface area (Å²) in [6, 6.07) is 7.62. The van der Waals surface area contributed by atoms with E-state index >= 15 is 0 Å². The molecule has 0 saturated carbocycles. The Balaban J connectivity index is 1.64. The molecule has 0 atom stereocenters. The first kappa shape index (κ1) is 15.6. The fourth-order valence-electron chi connectivity index (χ4n) is 2.47. The number of hydrogen-bond acceptors (Lipinski definition) is 3. The largest absolute Gasteiger partial charge is 0.497 e. The van der Waals surface area contributed by atoms with Gasteiger partial charge >= 0.3 is 0 Å². The van der Waals surface area contributed by atoms with E-state index in [0.29, 0.717) is 0 Å². The molecule has 1 saturated heterocycles. The average molecular weight is 288 g/mol. The van der Waals surface area contributed by atoms with Crippen molar-refractivity contribution in [1.82, 2.24) is 10.2 Å². The molecule has 0 bridgehead atoms. The van der Waals surface area contributed by atoms with Crippen molar-refractivity contribution in [2.75, 3.05) is 33.3 Å². The highest BCUT2D eigenvalue weighted by molar-refractivity contribution is 5.91. The highest BCUT2D eigenvalue weighted by Crippen LogP contribution is 2.12. The van der Waals surface area contributed by atoms with Gasteiger partial charge in [0.1, 0.15) is 5.75 Å². The molecule has 2 rings (SSSR count). The van der Waals surface area contributed by atoms with Crippen LogP contribution in [-0.4, -0.2) is 44.1 Å². The van der Waals surface area contributed by atoms with E-state index in [0.717, 1.165) is 30.8 Å². The second-order valence-electron chi connectivity index (χ2n) is 5.30. The third kappa shape index (κ3) is 5.60. The van der Waals surface area contributed by atoms with Gasteiger partial charge in [0.2, 0.25) is 5.91 Å². The molecule has 4 nitrogen and oxygen atoms in total. The maximum atomic E-state index is 11.7. The number of ether oxygens (including phenoxy) is 1. The van der Waals surface area contributed by atoms with Gasteiger partial charge < -0.3 is 15.0 Å². The summed E-state index contributed by atoms with van der Waals surface area (Å²) in [7, 11) is 1.64. The first-order valence-corrected chi connectivity index (χ1v) is 7.60. The van der Waals surface area contributed by atoms with Crippen molar-refractivity contribution in [3.05, 3.63) is 35.9 Å². The molecule has 1 aromatic carbocycles. The standard InChI is InChI=1S/C17H24N2O2/c1-21-16-8-5-15(6-9-16)7-10-17(20)18-11-4-14-19-12-2-3-13-19/h5-10H,2-4,11-14H2,1H3,(H,18,20). The predicted octanol–water partition coefficient (Wildman–Crippen LogP) is 2.31. The molecule has 1 heterocycles. The maximum Gasteiger partial charge on any atom is 0.243 e. The monoisotopic (exact) mass is 288 g/mol. The molecule has 1 aliphatic rings. The van der Waals surface area contributed by atoms with Crippen LogP contribution < -0.4 is 10.1 Å². The zero-order valence-electron chi connectivity index (χ0n) is 12.7. The van der Waals surface area contributed by atoms with E-state index in [-0.39, 0.29) is 5.91 Å². The van der Waals surface area contributed by atoms with Gasteiger partial charge in [-0.2, -0.15) is 0 Å². The molecule has 0 unspecified atom stereocenters. The number of carbonyl (C=O) groups excluding carboxylic acids is 1. The van der Waals surface area contributed by atoms with Crippen LogP contribution in [0.3, 0.4) is 0 Å². The molecular weight excluding hydrogens is 264 g/mol. The molecule has 1 amide bonds. The van der Waals surface area contributed by atoms with Crippen LogP contribution in [-0.2, 0) is 4.79 Å². The fraction of sp³-hybridized carbons (Fsp3) is 0.471. The Morgan fingerprint density at radius 2 is 2.00 bits per heavy atom. The Bertz CT molecular complexity index is 462. The summed E-state index contributed by atoms with van der Waals surface area (Å²) < 4.78 is 5.10. The molecule has 0 radical (unpaired) electrons. The molecule has 0 aromatic heterocycles. The van der Waals surface area contributed by atoms with Crippen LogP contribution in [0.4, 0.5) is 0 Å². The van der Waals surface area contributed by atoms with Crippen LogP contribution in [0.25, 0.3) is 6.08 Å². The topological polar surface area (TPSA) is 41.6 Å². The highest BCUT2D eigenvalue weighted by atomic mass is 16.5. The molecule has 1 aromatic rings. The molecular formula is C17H24N2O2. The van der Waals surface area contributed by atoms with Gasteiger partial charge in [0.15, 0.2) is 0 Å². The highest BCUT2D eigenvalue weighted by Gasteiger charge is 2.10. The van der Waals surface area contributed by atoms with Gasteiger partial charge in [0, 0.05) is 12.6 Å². The van der Waals surface area contributed by atoms with Crippen molar-refractivity contribution in [3.8, 4) is 5.75 Å². The van der Waals surface area contributed by atoms with E-state index < -0.39 is 0 Å². The minimum absolute atomic E-state index is 0.0350. The summed E-state index contributed by atoms with van der Waals surface area (Å²) in [4.78, 5) is 14.2. The Morgan fingerprint density at radius 3 is 2.67 bits per heavy atom. The zero-order valence-corrected chi connectivity index (χ0v) is 12.7. The van der Waals surface area contributed by atoms with Gasteiger partial charge in [-0.25, -0.2) is 0 Å². The summed E-state index contributed by atoms with van der Waals surface area (Å²) in [6.45, 7) is 4.25. The molecule has 1 fully saturated rings. The first-order valence-electron chi connectivity index (χ1n) is 7.60. The number of amides is 1. The van der Waals surface area contributed by atoms with Gasteiger partial charge in [-0.1, -0.05) is 12.1 Å². The Kier molecular flexibility index (Phi) is 6.28. The fourth-order valence-corrected chi connectivity index (χ4v) is 2.47. The quantitative estimate of drug-likeness (QED) is 0.618. The molecule has 1 aliphatic heterocycles. The maximum absolute atomic E-state index is 11.7. The predicted molar refractivity (Wildman–Crippen MR) is 85.3 cm³/mol. The number of hydrogen-bond donors (Lipinski definition) is 1. The molecule has 0 aliphatic carbocycles. The Morgan fingerprint density at radius 1 is 1.29 bits per heavy atom. The van der Waals surface area contributed by atoms with Crippen molar-refractivity contribution in [2.45, 2.75) is 19.3 Å². The third-order valence-corrected chi connectivity index (χ3v) is 3.69. The van der Waals surface area contributed by atoms with Crippen LogP contribution in [0.2, 0.25) is 0 Å². The third-order valence-electron chi connectivity index (χ3n) is 3.69. The van der Waals surface area contributed by atoms with Crippen molar-refractivity contribution in [2.24, 2.45) is 0 Å². The lowest BCUT2D eigenvalue weighted by Crippen LogP contribution is -2.27. The van der Waals surface area contributed by atoms with Gasteiger partial charge in [0.05, 0.1) is 7.11 Å². The van der Waals surface area contributed by atoms with E-state index in [2.05, 4.69) is 10.2 Å². The van der Waals surface area contributed by atoms with Crippen LogP contribution in [0, 0.1) is 0 Å². The lowest BCUT2D eigenvalue weighted by Gasteiger charge is -2.13. The molecule has 0 spiro atoms. The molecule has 1 N–H and O–H groups in total. The Hall–Kier alpha value is -1.81. The van der Waals surface area contributed by atoms with Gasteiger partial charge in [0.25, 0.3) is 0 Å². The summed E-state index contributed by atoms with van der Waals surface area (Å²) in [5.41, 5.74) is 0.989. The minimum atomic E-state index is -0.0350. The van der Waals surface area contributed by atoms with E-state index in [9.17, 15) is 4.79 Å². The minimum Gasteiger partial charge on any atom is -0.497 e. The van der Waals surface area contributed by atoms with Crippen molar-refractivity contribution in [1.29, 1.82) is 0 Å². The van der Waals surface area contributed by atoms with Gasteiger partial charge in [-0.3, -0.25) is 4.79 Å². The zero-order chi connectivity index (χ0) is 14.9. The molecule has 21 heavy (non-hydrogen) atoms. The second kappa shape index (κ2) is 8.47. The van der Waals surface area contributed by atoms with E-state index in [1.807, 2.05) is 30.3 Å². The van der Waals surface area contributed by atoms with Crippen LogP contribution in [0.5, 0.6) is 5.75 Å². The molecule has 4 heteroatoms. The van der Waals surface area contributed by atoms with Gasteiger partial charge in [-0.15, -0.1) is 0 Å². The second-order valence-corrected chi connectivity index (χ2v) is 5.30. The average Bonchev–Trinajstić information content (AvgIpc) is 3.03. The number of likely N-dealkylation sites (tertiary alicyclic amines) is 1. The van der Waals surface area contributed by atoms with Crippen LogP contribution in [0.15, 0.2) is 30.3 Å². The summed E-state index contributed by atoms with van der Waals surface area (Å²) in [5.74, 6) is 0.783. The normalized spacial score (nSPS) is 15.5. The first-order chi connectivity index (χ1) is 10.3. The van der Waals surface area contributed by atoms with E-state index in [1.165, 1.54) is 25.9 Å².